The fourth-order valence-electron chi connectivity index (χ4n) is 5.75. The quantitative estimate of drug-likeness (QED) is 0.828. The highest BCUT2D eigenvalue weighted by atomic mass is 16.5. The fraction of sp³-hybridized carbons (Fsp3) is 0.652. The Balaban J connectivity index is 1.28. The van der Waals surface area contributed by atoms with Gasteiger partial charge in [-0.1, -0.05) is 12.5 Å². The number of hydrogen-bond donors (Lipinski definition) is 1. The monoisotopic (exact) mass is 397 g/mol. The highest BCUT2D eigenvalue weighted by Gasteiger charge is 2.63. The molecule has 1 aromatic carbocycles. The number of likely N-dealkylation sites (tertiary alicyclic amines) is 1. The van der Waals surface area contributed by atoms with Crippen molar-refractivity contribution in [2.45, 2.75) is 43.8 Å². The first-order chi connectivity index (χ1) is 14.0. The van der Waals surface area contributed by atoms with Crippen LogP contribution >= 0.6 is 0 Å². The maximum atomic E-state index is 13.2. The minimum Gasteiger partial charge on any atom is -0.378 e. The van der Waals surface area contributed by atoms with E-state index in [1.54, 1.807) is 0 Å². The Bertz CT molecular complexity index is 821. The van der Waals surface area contributed by atoms with E-state index in [4.69, 9.17) is 4.74 Å². The lowest BCUT2D eigenvalue weighted by molar-refractivity contribution is -0.127. The molecule has 156 valence electrons. The number of carbonyl (C=O) groups excluding carboxylic acids is 2. The van der Waals surface area contributed by atoms with Gasteiger partial charge in [-0.05, 0) is 43.9 Å². The van der Waals surface area contributed by atoms with Crippen molar-refractivity contribution in [1.82, 2.24) is 10.2 Å². The minimum atomic E-state index is -0.203. The predicted molar refractivity (Wildman–Crippen MR) is 111 cm³/mol. The number of nitrogens with one attached hydrogen (secondary N) is 1. The van der Waals surface area contributed by atoms with Crippen LogP contribution in [0.15, 0.2) is 24.3 Å². The van der Waals surface area contributed by atoms with Gasteiger partial charge in [0, 0.05) is 56.2 Å². The second kappa shape index (κ2) is 7.01. The number of anilines is 1. The molecule has 1 aliphatic carbocycles. The van der Waals surface area contributed by atoms with Gasteiger partial charge in [0.05, 0.1) is 18.2 Å². The zero-order valence-electron chi connectivity index (χ0n) is 17.4. The van der Waals surface area contributed by atoms with Crippen molar-refractivity contribution in [3.8, 4) is 0 Å². The van der Waals surface area contributed by atoms with Gasteiger partial charge in [-0.15, -0.1) is 0 Å². The Morgan fingerprint density at radius 2 is 2.10 bits per heavy atom. The number of amides is 2. The van der Waals surface area contributed by atoms with Gasteiger partial charge in [0.2, 0.25) is 5.91 Å². The highest BCUT2D eigenvalue weighted by molar-refractivity contribution is 5.95. The van der Waals surface area contributed by atoms with Gasteiger partial charge in [-0.2, -0.15) is 0 Å². The minimum absolute atomic E-state index is 0.0850. The Morgan fingerprint density at radius 3 is 2.83 bits per heavy atom. The Morgan fingerprint density at radius 1 is 1.28 bits per heavy atom. The number of rotatable bonds is 5. The summed E-state index contributed by atoms with van der Waals surface area (Å²) in [4.78, 5) is 29.5. The molecular weight excluding hydrogens is 366 g/mol. The van der Waals surface area contributed by atoms with Crippen LogP contribution in [0.3, 0.4) is 0 Å². The van der Waals surface area contributed by atoms with E-state index in [1.807, 2.05) is 48.2 Å². The first-order valence-corrected chi connectivity index (χ1v) is 11.0. The van der Waals surface area contributed by atoms with Gasteiger partial charge < -0.3 is 19.9 Å². The molecule has 4 aliphatic rings. The fourth-order valence-corrected chi connectivity index (χ4v) is 5.75. The smallest absolute Gasteiger partial charge is 0.254 e. The molecule has 2 bridgehead atoms. The molecule has 4 fully saturated rings. The largest absolute Gasteiger partial charge is 0.378 e. The summed E-state index contributed by atoms with van der Waals surface area (Å²) in [5.74, 6) is 1.15. The molecule has 1 aromatic rings. The second-order valence-electron chi connectivity index (χ2n) is 9.53. The van der Waals surface area contributed by atoms with Gasteiger partial charge in [0.25, 0.3) is 5.91 Å². The van der Waals surface area contributed by atoms with E-state index in [2.05, 4.69) is 5.32 Å². The first kappa shape index (κ1) is 18.9. The van der Waals surface area contributed by atoms with Crippen molar-refractivity contribution in [3.05, 3.63) is 29.8 Å². The highest BCUT2D eigenvalue weighted by Crippen LogP contribution is 2.54. The Kier molecular flexibility index (Phi) is 4.57. The van der Waals surface area contributed by atoms with E-state index in [0.717, 1.165) is 43.5 Å². The van der Waals surface area contributed by atoms with Crippen LogP contribution in [-0.2, 0) is 9.53 Å². The second-order valence-corrected chi connectivity index (χ2v) is 9.53. The Hall–Kier alpha value is -2.08. The lowest BCUT2D eigenvalue weighted by Crippen LogP contribution is -2.44. The molecule has 2 amide bonds. The third-order valence-electron chi connectivity index (χ3n) is 7.67. The number of benzene rings is 1. The summed E-state index contributed by atoms with van der Waals surface area (Å²) in [5, 5.41) is 3.19. The maximum absolute atomic E-state index is 13.2. The van der Waals surface area contributed by atoms with Crippen molar-refractivity contribution in [2.75, 3.05) is 38.6 Å². The van der Waals surface area contributed by atoms with Crippen LogP contribution in [0, 0.1) is 17.8 Å². The van der Waals surface area contributed by atoms with Crippen molar-refractivity contribution in [2.24, 2.45) is 17.8 Å². The van der Waals surface area contributed by atoms with Gasteiger partial charge in [0.1, 0.15) is 0 Å². The number of ether oxygens (including phenoxy) is 1. The normalized spacial score (nSPS) is 32.8. The van der Waals surface area contributed by atoms with Crippen LogP contribution in [0.1, 0.15) is 42.5 Å². The third-order valence-corrected chi connectivity index (χ3v) is 7.67. The third kappa shape index (κ3) is 3.12. The molecule has 0 aromatic heterocycles. The molecule has 3 heterocycles. The molecule has 3 aliphatic heterocycles. The standard InChI is InChI=1S/C23H31N3O3/c1-25(2)17-8-4-7-16(11-17)22(28)26-13-19-18(12-24-21(27)15-5-3-6-15)20-9-10-23(19,14-26)29-20/h4,7-8,11,15,18-20H,3,5-6,9-10,12-14H2,1-2H3,(H,24,27)/t18-,19+,20+,23+/m0/s1. The summed E-state index contributed by atoms with van der Waals surface area (Å²) >= 11 is 0. The molecule has 5 rings (SSSR count). The lowest BCUT2D eigenvalue weighted by Gasteiger charge is -2.30. The lowest BCUT2D eigenvalue weighted by atomic mass is 9.73. The zero-order chi connectivity index (χ0) is 20.2. The van der Waals surface area contributed by atoms with E-state index in [1.165, 1.54) is 6.42 Å². The van der Waals surface area contributed by atoms with Crippen molar-refractivity contribution >= 4 is 17.5 Å². The van der Waals surface area contributed by atoms with Crippen molar-refractivity contribution in [1.29, 1.82) is 0 Å². The molecule has 29 heavy (non-hydrogen) atoms. The van der Waals surface area contributed by atoms with Crippen LogP contribution in [0.25, 0.3) is 0 Å². The summed E-state index contributed by atoms with van der Waals surface area (Å²) in [6, 6.07) is 7.82. The van der Waals surface area contributed by atoms with E-state index in [-0.39, 0.29) is 29.4 Å². The molecular formula is C23H31N3O3. The molecule has 1 saturated carbocycles. The van der Waals surface area contributed by atoms with Crippen molar-refractivity contribution < 1.29 is 14.3 Å². The average molecular weight is 398 g/mol. The molecule has 1 spiro atoms. The molecule has 6 nitrogen and oxygen atoms in total. The zero-order valence-corrected chi connectivity index (χ0v) is 17.4. The van der Waals surface area contributed by atoms with Crippen LogP contribution < -0.4 is 10.2 Å². The summed E-state index contributed by atoms with van der Waals surface area (Å²) in [5.41, 5.74) is 1.56. The molecule has 4 atom stereocenters. The van der Waals surface area contributed by atoms with Crippen LogP contribution in [-0.4, -0.2) is 62.1 Å². The number of carbonyl (C=O) groups is 2. The van der Waals surface area contributed by atoms with Gasteiger partial charge in [-0.25, -0.2) is 0 Å². The SMILES string of the molecule is CN(C)c1cccc(C(=O)N2C[C@@H]3[C@H](CNC(=O)C4CCC4)[C@H]4CC[C@]3(C2)O4)c1. The summed E-state index contributed by atoms with van der Waals surface area (Å²) < 4.78 is 6.45. The van der Waals surface area contributed by atoms with Crippen LogP contribution in [0.2, 0.25) is 0 Å². The number of hydrogen-bond acceptors (Lipinski definition) is 4. The Labute approximate surface area is 172 Å². The number of nitrogens with zero attached hydrogens (tertiary/aromatic N) is 2. The van der Waals surface area contributed by atoms with Gasteiger partial charge >= 0.3 is 0 Å². The summed E-state index contributed by atoms with van der Waals surface area (Å²) in [6.45, 7) is 2.09. The molecule has 0 radical (unpaired) electrons. The van der Waals surface area contributed by atoms with Gasteiger partial charge in [-0.3, -0.25) is 9.59 Å². The van der Waals surface area contributed by atoms with Crippen LogP contribution in [0.5, 0.6) is 0 Å². The predicted octanol–water partition coefficient (Wildman–Crippen LogP) is 2.29. The molecule has 0 unspecified atom stereocenters. The van der Waals surface area contributed by atoms with E-state index >= 15 is 0 Å². The van der Waals surface area contributed by atoms with Crippen molar-refractivity contribution in [3.63, 3.8) is 0 Å². The molecule has 3 saturated heterocycles. The van der Waals surface area contributed by atoms with Gasteiger partial charge in [0.15, 0.2) is 0 Å². The van der Waals surface area contributed by atoms with E-state index < -0.39 is 0 Å². The summed E-state index contributed by atoms with van der Waals surface area (Å²) in [7, 11) is 3.97. The molecule has 6 heteroatoms. The average Bonchev–Trinajstić information content (AvgIpc) is 3.33. The van der Waals surface area contributed by atoms with E-state index in [9.17, 15) is 9.59 Å². The topological polar surface area (TPSA) is 61.9 Å². The maximum Gasteiger partial charge on any atom is 0.254 e. The van der Waals surface area contributed by atoms with Crippen LogP contribution in [0.4, 0.5) is 5.69 Å². The summed E-state index contributed by atoms with van der Waals surface area (Å²) in [6.07, 6.45) is 5.52. The number of fused-ring (bicyclic) bond motifs is 1. The first-order valence-electron chi connectivity index (χ1n) is 11.0. The molecule has 1 N–H and O–H groups in total. The van der Waals surface area contributed by atoms with E-state index in [0.29, 0.717) is 24.9 Å².